The van der Waals surface area contributed by atoms with E-state index in [1.165, 1.54) is 0 Å². The highest BCUT2D eigenvalue weighted by molar-refractivity contribution is 6.31. The van der Waals surface area contributed by atoms with Gasteiger partial charge in [-0.1, -0.05) is 17.7 Å². The fraction of sp³-hybridized carbons (Fsp3) is 0.368. The maximum atomic E-state index is 13.0. The Balaban J connectivity index is 1.54. The second kappa shape index (κ2) is 6.45. The van der Waals surface area contributed by atoms with E-state index in [1.54, 1.807) is 4.90 Å². The zero-order chi connectivity index (χ0) is 18.4. The summed E-state index contributed by atoms with van der Waals surface area (Å²) in [5.41, 5.74) is 3.43. The van der Waals surface area contributed by atoms with Gasteiger partial charge in [-0.3, -0.25) is 9.89 Å². The maximum absolute atomic E-state index is 13.0. The smallest absolute Gasteiger partial charge is 0.270 e. The molecule has 0 unspecified atom stereocenters. The van der Waals surface area contributed by atoms with Crippen LogP contribution in [-0.2, 0) is 13.5 Å². The summed E-state index contributed by atoms with van der Waals surface area (Å²) in [5, 5.41) is 19.2. The third kappa shape index (κ3) is 2.99. The second-order valence-electron chi connectivity index (χ2n) is 7.08. The van der Waals surface area contributed by atoms with Gasteiger partial charge in [0.05, 0.1) is 11.8 Å². The van der Waals surface area contributed by atoms with Gasteiger partial charge in [0.15, 0.2) is 0 Å². The van der Waals surface area contributed by atoms with Crippen molar-refractivity contribution in [1.29, 1.82) is 0 Å². The van der Waals surface area contributed by atoms with Gasteiger partial charge >= 0.3 is 0 Å². The van der Waals surface area contributed by atoms with Crippen LogP contribution in [0, 0.1) is 12.8 Å². The molecule has 1 saturated heterocycles. The number of carbonyl (C=O) groups is 1. The van der Waals surface area contributed by atoms with Crippen LogP contribution in [0.25, 0.3) is 10.9 Å². The Hall–Kier alpha value is -2.31. The molecule has 7 heteroatoms. The van der Waals surface area contributed by atoms with Gasteiger partial charge in [0.2, 0.25) is 0 Å². The van der Waals surface area contributed by atoms with E-state index in [0.717, 1.165) is 22.3 Å². The highest BCUT2D eigenvalue weighted by Crippen LogP contribution is 2.26. The number of fused-ring (bicyclic) bond motifs is 1. The summed E-state index contributed by atoms with van der Waals surface area (Å²) in [5.74, 6) is -0.0784. The number of aromatic nitrogens is 3. The summed E-state index contributed by atoms with van der Waals surface area (Å²) >= 11 is 6.07. The lowest BCUT2D eigenvalue weighted by atomic mass is 10.0. The number of aromatic amines is 1. The predicted molar refractivity (Wildman–Crippen MR) is 100 cm³/mol. The molecular weight excluding hydrogens is 352 g/mol. The lowest BCUT2D eigenvalue weighted by molar-refractivity contribution is 0.0756. The first-order valence-corrected chi connectivity index (χ1v) is 9.03. The van der Waals surface area contributed by atoms with Crippen LogP contribution in [0.2, 0.25) is 5.02 Å². The van der Waals surface area contributed by atoms with Gasteiger partial charge in [0, 0.05) is 47.7 Å². The first-order chi connectivity index (χ1) is 12.4. The molecule has 0 saturated carbocycles. The summed E-state index contributed by atoms with van der Waals surface area (Å²) in [6, 6.07) is 9.44. The number of β-amino-alcohol motifs (C(OH)–C–C–N with tert-alkyl or cyclic N) is 1. The zero-order valence-electron chi connectivity index (χ0n) is 14.7. The molecule has 0 radical (unpaired) electrons. The highest BCUT2D eigenvalue weighted by Gasteiger charge is 2.35. The molecule has 6 nitrogen and oxygen atoms in total. The molecule has 2 N–H and O–H groups in total. The molecule has 3 heterocycles. The molecule has 2 aromatic heterocycles. The van der Waals surface area contributed by atoms with Crippen molar-refractivity contribution in [3.05, 3.63) is 52.4 Å². The Labute approximate surface area is 156 Å². The normalized spacial score (nSPS) is 20.2. The number of rotatable bonds is 3. The number of hydrogen-bond acceptors (Lipinski definition) is 3. The van der Waals surface area contributed by atoms with Crippen molar-refractivity contribution >= 4 is 28.4 Å². The number of H-pyrrole nitrogens is 1. The van der Waals surface area contributed by atoms with Crippen LogP contribution >= 0.6 is 11.6 Å². The van der Waals surface area contributed by atoms with Crippen LogP contribution < -0.4 is 0 Å². The minimum Gasteiger partial charge on any atom is -0.391 e. The first kappa shape index (κ1) is 17.1. The number of aliphatic hydroxyl groups is 1. The Kier molecular flexibility index (Phi) is 4.25. The van der Waals surface area contributed by atoms with E-state index in [9.17, 15) is 9.90 Å². The summed E-state index contributed by atoms with van der Waals surface area (Å²) in [6.07, 6.45) is 0.111. The number of aliphatic hydroxyl groups excluding tert-OH is 1. The molecule has 1 fully saturated rings. The molecule has 1 aliphatic heterocycles. The number of halogens is 1. The van der Waals surface area contributed by atoms with E-state index in [2.05, 4.69) is 10.2 Å². The van der Waals surface area contributed by atoms with E-state index < -0.39 is 6.10 Å². The van der Waals surface area contributed by atoms with Crippen LogP contribution in [-0.4, -0.2) is 49.9 Å². The van der Waals surface area contributed by atoms with Crippen molar-refractivity contribution in [2.45, 2.75) is 19.4 Å². The van der Waals surface area contributed by atoms with Crippen molar-refractivity contribution in [2.24, 2.45) is 13.0 Å². The van der Waals surface area contributed by atoms with Crippen LogP contribution in [0.1, 0.15) is 21.9 Å². The van der Waals surface area contributed by atoms with E-state index >= 15 is 0 Å². The number of nitrogens with one attached hydrogen (secondary N) is 1. The maximum Gasteiger partial charge on any atom is 0.270 e. The first-order valence-electron chi connectivity index (χ1n) is 8.65. The molecule has 1 aliphatic rings. The highest BCUT2D eigenvalue weighted by atomic mass is 35.5. The quantitative estimate of drug-likeness (QED) is 0.742. The van der Waals surface area contributed by atoms with E-state index in [-0.39, 0.29) is 11.8 Å². The molecule has 1 amide bonds. The van der Waals surface area contributed by atoms with E-state index in [1.807, 2.05) is 48.9 Å². The molecule has 3 aromatic rings. The average molecular weight is 373 g/mol. The number of benzene rings is 1. The standard InChI is InChI=1S/C19H21ClN4O2/c1-11-5-15(22-21-11)6-13-9-24(10-18(13)25)19(26)17-7-12-3-4-14(20)8-16(12)23(17)2/h3-5,7-8,13,18,25H,6,9-10H2,1-2H3,(H,21,22)/t13-,18-/m1/s1. The van der Waals surface area contributed by atoms with Gasteiger partial charge in [-0.2, -0.15) is 5.10 Å². The van der Waals surface area contributed by atoms with Gasteiger partial charge < -0.3 is 14.6 Å². The van der Waals surface area contributed by atoms with Gasteiger partial charge in [0.25, 0.3) is 5.91 Å². The SMILES string of the molecule is Cc1cc(C[C@@H]2CN(C(=O)c3cc4ccc(Cl)cc4n3C)C[C@H]2O)n[nH]1. The molecular formula is C19H21ClN4O2. The number of hydrogen-bond donors (Lipinski definition) is 2. The largest absolute Gasteiger partial charge is 0.391 e. The van der Waals surface area contributed by atoms with Crippen LogP contribution in [0.3, 0.4) is 0 Å². The van der Waals surface area contributed by atoms with Crippen LogP contribution in [0.15, 0.2) is 30.3 Å². The van der Waals surface area contributed by atoms with Crippen LogP contribution in [0.5, 0.6) is 0 Å². The molecule has 0 spiro atoms. The number of carbonyl (C=O) groups excluding carboxylic acids is 1. The zero-order valence-corrected chi connectivity index (χ0v) is 15.5. The number of aryl methyl sites for hydroxylation is 2. The average Bonchev–Trinajstić information content (AvgIpc) is 3.27. The van der Waals surface area contributed by atoms with Crippen molar-refractivity contribution in [3.63, 3.8) is 0 Å². The van der Waals surface area contributed by atoms with Gasteiger partial charge in [-0.25, -0.2) is 0 Å². The summed E-state index contributed by atoms with van der Waals surface area (Å²) < 4.78 is 1.86. The Morgan fingerprint density at radius 3 is 2.88 bits per heavy atom. The molecule has 4 rings (SSSR count). The Bertz CT molecular complexity index is 977. The molecule has 1 aromatic carbocycles. The lowest BCUT2D eigenvalue weighted by Crippen LogP contribution is -2.31. The molecule has 2 atom stereocenters. The van der Waals surface area contributed by atoms with Crippen molar-refractivity contribution in [3.8, 4) is 0 Å². The predicted octanol–water partition coefficient (Wildman–Crippen LogP) is 2.54. The Morgan fingerprint density at radius 1 is 1.35 bits per heavy atom. The fourth-order valence-electron chi connectivity index (χ4n) is 3.74. The summed E-state index contributed by atoms with van der Waals surface area (Å²) in [7, 11) is 1.86. The van der Waals surface area contributed by atoms with Crippen LogP contribution in [0.4, 0.5) is 0 Å². The fourth-order valence-corrected chi connectivity index (χ4v) is 3.90. The minimum atomic E-state index is -0.542. The van der Waals surface area contributed by atoms with Gasteiger partial charge in [0.1, 0.15) is 5.69 Å². The van der Waals surface area contributed by atoms with Crippen molar-refractivity contribution in [2.75, 3.05) is 13.1 Å². The molecule has 136 valence electrons. The molecule has 0 aliphatic carbocycles. The van der Waals surface area contributed by atoms with E-state index in [4.69, 9.17) is 11.6 Å². The second-order valence-corrected chi connectivity index (χ2v) is 7.51. The molecule has 26 heavy (non-hydrogen) atoms. The summed E-state index contributed by atoms with van der Waals surface area (Å²) in [4.78, 5) is 14.7. The van der Waals surface area contributed by atoms with Crippen molar-refractivity contribution < 1.29 is 9.90 Å². The Morgan fingerprint density at radius 2 is 2.15 bits per heavy atom. The third-order valence-corrected chi connectivity index (χ3v) is 5.39. The number of likely N-dealkylation sites (tertiary alicyclic amines) is 1. The summed E-state index contributed by atoms with van der Waals surface area (Å²) in [6.45, 7) is 2.81. The number of amides is 1. The van der Waals surface area contributed by atoms with E-state index in [0.29, 0.717) is 30.2 Å². The monoisotopic (exact) mass is 372 g/mol. The molecule has 0 bridgehead atoms. The van der Waals surface area contributed by atoms with Gasteiger partial charge in [-0.05, 0) is 37.6 Å². The third-order valence-electron chi connectivity index (χ3n) is 5.15. The minimum absolute atomic E-state index is 0.00854. The lowest BCUT2D eigenvalue weighted by Gasteiger charge is -2.16. The number of nitrogens with zero attached hydrogens (tertiary/aromatic N) is 3. The van der Waals surface area contributed by atoms with Gasteiger partial charge in [-0.15, -0.1) is 0 Å². The van der Waals surface area contributed by atoms with Crippen molar-refractivity contribution in [1.82, 2.24) is 19.7 Å². The topological polar surface area (TPSA) is 74.2 Å².